The molecule has 0 saturated carbocycles. The van der Waals surface area contributed by atoms with Gasteiger partial charge in [-0.05, 0) is 5.56 Å². The smallest absolute Gasteiger partial charge is 0.492 e. The van der Waals surface area contributed by atoms with Crippen LogP contribution >= 0.6 is 0 Å². The van der Waals surface area contributed by atoms with Crippen molar-refractivity contribution in [3.8, 4) is 0 Å². The molecular weight excluding hydrogens is 633 g/mol. The first kappa shape index (κ1) is 30.8. The van der Waals surface area contributed by atoms with Gasteiger partial charge in [0.1, 0.15) is 0 Å². The van der Waals surface area contributed by atoms with Crippen LogP contribution in [0.5, 0.6) is 0 Å². The van der Waals surface area contributed by atoms with Crippen LogP contribution < -0.4 is 0 Å². The van der Waals surface area contributed by atoms with Gasteiger partial charge in [-0.15, -0.1) is 13.1 Å². The number of methoxy groups -OCH3 is 1. The molecule has 6 nitrogen and oxygen atoms in total. The van der Waals surface area contributed by atoms with Crippen LogP contribution in [-0.4, -0.2) is 55.2 Å². The monoisotopic (exact) mass is 664 g/mol. The number of esters is 1. The number of carbonyl (C=O) groups excluding carboxylic acids is 2. The van der Waals surface area contributed by atoms with Gasteiger partial charge in [-0.2, -0.15) is 5.06 Å². The van der Waals surface area contributed by atoms with Crippen LogP contribution in [0.4, 0.5) is 0 Å². The number of amides is 1. The number of ether oxygens (including phenoxy) is 1. The van der Waals surface area contributed by atoms with Gasteiger partial charge < -0.3 is 23.5 Å². The van der Waals surface area contributed by atoms with Crippen LogP contribution in [0, 0.1) is 57.3 Å². The van der Waals surface area contributed by atoms with E-state index in [0.717, 1.165) is 0 Å². The SMILES string of the molecule is [CH2-]C(=O)OC.[CH2-]CN(C[CH2-])C(=O)CC1ON(C)C(c2ccccc2)C1(C)C.[U+2].[V]. The van der Waals surface area contributed by atoms with Crippen molar-refractivity contribution in [2.24, 2.45) is 5.41 Å². The van der Waals surface area contributed by atoms with Gasteiger partial charge in [-0.1, -0.05) is 44.2 Å². The van der Waals surface area contributed by atoms with Gasteiger partial charge in [0.2, 0.25) is 5.91 Å². The fraction of sp³-hybridized carbons (Fsp3) is 0.476. The Hall–Kier alpha value is -0.414. The third-order valence-corrected chi connectivity index (χ3v) is 4.79. The van der Waals surface area contributed by atoms with E-state index >= 15 is 0 Å². The quantitative estimate of drug-likeness (QED) is 0.359. The van der Waals surface area contributed by atoms with E-state index < -0.39 is 5.97 Å². The van der Waals surface area contributed by atoms with Gasteiger partial charge >= 0.3 is 31.1 Å². The van der Waals surface area contributed by atoms with Crippen molar-refractivity contribution in [3.63, 3.8) is 0 Å². The molecule has 0 spiro atoms. The zero-order chi connectivity index (χ0) is 20.6. The van der Waals surface area contributed by atoms with Crippen molar-refractivity contribution in [1.29, 1.82) is 0 Å². The van der Waals surface area contributed by atoms with E-state index in [0.29, 0.717) is 19.5 Å². The van der Waals surface area contributed by atoms with Crippen LogP contribution in [0.1, 0.15) is 31.9 Å². The Labute approximate surface area is 211 Å². The van der Waals surface area contributed by atoms with Gasteiger partial charge in [-0.3, -0.25) is 21.4 Å². The Balaban J connectivity index is 0. The molecule has 1 saturated heterocycles. The Bertz CT molecular complexity index is 612. The van der Waals surface area contributed by atoms with Crippen molar-refractivity contribution in [3.05, 3.63) is 56.7 Å². The van der Waals surface area contributed by atoms with Crippen molar-refractivity contribution in [1.82, 2.24) is 9.96 Å². The molecule has 1 radical (unpaired) electrons. The van der Waals surface area contributed by atoms with Gasteiger partial charge in [0, 0.05) is 31.0 Å². The number of hydrogen-bond acceptors (Lipinski definition) is 5. The fourth-order valence-electron chi connectivity index (χ4n) is 3.27. The van der Waals surface area contributed by atoms with Crippen LogP contribution in [0.3, 0.4) is 0 Å². The van der Waals surface area contributed by atoms with E-state index in [-0.39, 0.29) is 73.1 Å². The van der Waals surface area contributed by atoms with E-state index in [1.165, 1.54) is 12.7 Å². The summed E-state index contributed by atoms with van der Waals surface area (Å²) in [6.07, 6.45) is 0.196. The topological polar surface area (TPSA) is 59.1 Å². The Kier molecular flexibility index (Phi) is 15.5. The second kappa shape index (κ2) is 14.6. The van der Waals surface area contributed by atoms with Gasteiger partial charge in [0.05, 0.1) is 25.7 Å². The molecule has 1 amide bonds. The maximum absolute atomic E-state index is 12.3. The van der Waals surface area contributed by atoms with Gasteiger partial charge in [0.15, 0.2) is 5.97 Å². The number of nitrogens with zero attached hydrogens (tertiary/aromatic N) is 2. The summed E-state index contributed by atoms with van der Waals surface area (Å²) >= 11 is 0. The Morgan fingerprint density at radius 2 is 1.69 bits per heavy atom. The summed E-state index contributed by atoms with van der Waals surface area (Å²) in [4.78, 5) is 29.5. The molecule has 0 aliphatic carbocycles. The number of hydroxylamine groups is 2. The molecule has 0 N–H and O–H groups in total. The molecule has 159 valence electrons. The van der Waals surface area contributed by atoms with Crippen molar-refractivity contribution in [2.45, 2.75) is 32.4 Å². The van der Waals surface area contributed by atoms with Crippen LogP contribution in [0.2, 0.25) is 0 Å². The minimum Gasteiger partial charge on any atom is -0.492 e. The van der Waals surface area contributed by atoms with Gasteiger partial charge in [-0.25, -0.2) is 0 Å². The van der Waals surface area contributed by atoms with E-state index in [4.69, 9.17) is 4.84 Å². The maximum atomic E-state index is 12.3. The predicted octanol–water partition coefficient (Wildman–Crippen LogP) is 2.88. The molecule has 1 aliphatic rings. The van der Waals surface area contributed by atoms with E-state index in [1.54, 1.807) is 4.90 Å². The van der Waals surface area contributed by atoms with E-state index in [2.05, 4.69) is 51.5 Å². The second-order valence-electron chi connectivity index (χ2n) is 6.94. The van der Waals surface area contributed by atoms with Crippen molar-refractivity contribution < 1.29 is 68.8 Å². The minimum absolute atomic E-state index is 0. The number of hydrogen-bond donors (Lipinski definition) is 0. The number of carbonyl (C=O) groups is 2. The van der Waals surface area contributed by atoms with Crippen molar-refractivity contribution in [2.75, 3.05) is 27.2 Å². The molecular formula is C21H31N2O4UV-. The Morgan fingerprint density at radius 3 is 2.10 bits per heavy atom. The molecule has 1 heterocycles. The molecule has 2 rings (SSSR count). The van der Waals surface area contributed by atoms with E-state index in [1.807, 2.05) is 30.3 Å². The molecule has 1 aromatic carbocycles. The molecule has 0 aromatic heterocycles. The minimum atomic E-state index is -0.495. The first-order valence-corrected chi connectivity index (χ1v) is 8.89. The van der Waals surface area contributed by atoms with Crippen molar-refractivity contribution >= 4 is 11.9 Å². The van der Waals surface area contributed by atoms with E-state index in [9.17, 15) is 9.59 Å². The summed E-state index contributed by atoms with van der Waals surface area (Å²) in [7, 11) is 3.22. The molecule has 29 heavy (non-hydrogen) atoms. The van der Waals surface area contributed by atoms with Crippen LogP contribution in [0.25, 0.3) is 0 Å². The first-order valence-electron chi connectivity index (χ1n) is 8.89. The largest absolute Gasteiger partial charge is 2.00 e. The summed E-state index contributed by atoms with van der Waals surface area (Å²) in [6.45, 7) is 15.6. The fourth-order valence-corrected chi connectivity index (χ4v) is 3.27. The molecule has 8 heteroatoms. The maximum Gasteiger partial charge on any atom is 2.00 e. The average Bonchev–Trinajstić information content (AvgIpc) is 2.85. The second-order valence-corrected chi connectivity index (χ2v) is 6.94. The molecule has 2 unspecified atom stereocenters. The number of rotatable bonds is 5. The molecule has 0 bridgehead atoms. The summed E-state index contributed by atoms with van der Waals surface area (Å²) in [5, 5.41) is 1.88. The molecule has 2 atom stereocenters. The molecule has 1 fully saturated rings. The predicted molar refractivity (Wildman–Crippen MR) is 105 cm³/mol. The molecule has 1 aliphatic heterocycles. The summed E-state index contributed by atoms with van der Waals surface area (Å²) < 4.78 is 4.00. The van der Waals surface area contributed by atoms with Crippen LogP contribution in [0.15, 0.2) is 30.3 Å². The Morgan fingerprint density at radius 1 is 1.21 bits per heavy atom. The third-order valence-electron chi connectivity index (χ3n) is 4.79. The normalized spacial score (nSPS) is 19.7. The van der Waals surface area contributed by atoms with Crippen LogP contribution in [-0.2, 0) is 37.7 Å². The zero-order valence-electron chi connectivity index (χ0n) is 17.8. The average molecular weight is 664 g/mol. The summed E-state index contributed by atoms with van der Waals surface area (Å²) in [6, 6.07) is 10.4. The van der Waals surface area contributed by atoms with Gasteiger partial charge in [0.25, 0.3) is 0 Å². The standard InChI is InChI=1S/C18H26N2O2.C3H5O2.U.V/c1-6-20(7-2)16(21)13-15-18(3,4)17(19(5)22-15)14-11-9-8-10-12-14;1-3(4)5-2;;/h8-12,15,17H,1-2,6-7,13H2,3-5H3;1H2,2H3;;/q-2;-1;+2;. The summed E-state index contributed by atoms with van der Waals surface area (Å²) in [5.74, 6) is -0.449. The first-order chi connectivity index (χ1) is 12.7. The third kappa shape index (κ3) is 8.69. The zero-order valence-corrected chi connectivity index (χ0v) is 23.3. The molecule has 1 aromatic rings. The number of benzene rings is 1. The summed E-state index contributed by atoms with van der Waals surface area (Å²) in [5.41, 5.74) is 1.04.